The number of carboxylic acid groups (broad SMARTS) is 1. The molecule has 0 fully saturated rings. The summed E-state index contributed by atoms with van der Waals surface area (Å²) in [4.78, 5) is 19.1. The molecule has 9 heteroatoms. The lowest BCUT2D eigenvalue weighted by Gasteiger charge is -2.25. The van der Waals surface area contributed by atoms with Crippen molar-refractivity contribution in [2.75, 3.05) is 5.32 Å². The Kier molecular flexibility index (Phi) is 4.76. The van der Waals surface area contributed by atoms with Crippen LogP contribution in [0.3, 0.4) is 0 Å². The van der Waals surface area contributed by atoms with Crippen molar-refractivity contribution < 1.29 is 18.7 Å². The molecule has 0 aliphatic carbocycles. The van der Waals surface area contributed by atoms with Crippen molar-refractivity contribution in [1.29, 1.82) is 0 Å². The summed E-state index contributed by atoms with van der Waals surface area (Å²) in [6, 6.07) is 6.14. The van der Waals surface area contributed by atoms with E-state index in [1.807, 2.05) is 0 Å². The quantitative estimate of drug-likeness (QED) is 0.710. The molecule has 0 saturated carbocycles. The minimum Gasteiger partial charge on any atom is -0.478 e. The normalized spacial score (nSPS) is 11.3. The summed E-state index contributed by atoms with van der Waals surface area (Å²) in [5, 5.41) is 19.7. The van der Waals surface area contributed by atoms with E-state index in [0.29, 0.717) is 0 Å². The van der Waals surface area contributed by atoms with E-state index in [9.17, 15) is 13.6 Å². The summed E-state index contributed by atoms with van der Waals surface area (Å²) in [6.07, 6.45) is 2.73. The van der Waals surface area contributed by atoms with E-state index in [0.717, 1.165) is 18.2 Å². The summed E-state index contributed by atoms with van der Waals surface area (Å²) in [5.41, 5.74) is -0.789. The predicted molar refractivity (Wildman–Crippen MR) is 93.0 cm³/mol. The van der Waals surface area contributed by atoms with Crippen LogP contribution in [0.25, 0.3) is 11.3 Å². The van der Waals surface area contributed by atoms with E-state index in [4.69, 9.17) is 5.11 Å². The summed E-state index contributed by atoms with van der Waals surface area (Å²) >= 11 is 0. The highest BCUT2D eigenvalue weighted by molar-refractivity contribution is 5.89. The molecule has 2 N–H and O–H groups in total. The van der Waals surface area contributed by atoms with Crippen molar-refractivity contribution in [3.05, 3.63) is 65.6 Å². The zero-order chi connectivity index (χ0) is 19.6. The van der Waals surface area contributed by atoms with E-state index in [1.165, 1.54) is 24.5 Å². The standard InChI is InChI=1S/C18H15F2N5O2/c1-18(2,15-13(20)4-3-7-21-15)23-17-22-9-14(24-25-17)11-8-10(16(26)27)5-6-12(11)19/h3-9H,1-2H3,(H,26,27)(H,22,23,25). The van der Waals surface area contributed by atoms with Gasteiger partial charge in [-0.3, -0.25) is 4.98 Å². The van der Waals surface area contributed by atoms with Crippen molar-refractivity contribution in [1.82, 2.24) is 20.2 Å². The summed E-state index contributed by atoms with van der Waals surface area (Å²) < 4.78 is 28.0. The molecule has 0 amide bonds. The third kappa shape index (κ3) is 3.86. The van der Waals surface area contributed by atoms with E-state index in [2.05, 4.69) is 25.5 Å². The first-order valence-corrected chi connectivity index (χ1v) is 7.90. The number of nitrogens with zero attached hydrogens (tertiary/aromatic N) is 4. The van der Waals surface area contributed by atoms with Crippen molar-refractivity contribution in [2.24, 2.45) is 0 Å². The molecule has 0 spiro atoms. The summed E-state index contributed by atoms with van der Waals surface area (Å²) in [7, 11) is 0. The van der Waals surface area contributed by atoms with E-state index in [-0.39, 0.29) is 28.5 Å². The van der Waals surface area contributed by atoms with E-state index < -0.39 is 23.1 Å². The SMILES string of the molecule is CC(C)(Nc1ncc(-c2cc(C(=O)O)ccc2F)nn1)c1ncccc1F. The van der Waals surface area contributed by atoms with E-state index >= 15 is 0 Å². The highest BCUT2D eigenvalue weighted by Gasteiger charge is 2.26. The monoisotopic (exact) mass is 371 g/mol. The Balaban J connectivity index is 1.87. The number of hydrogen-bond donors (Lipinski definition) is 2. The molecule has 7 nitrogen and oxygen atoms in total. The van der Waals surface area contributed by atoms with Crippen molar-refractivity contribution in [3.63, 3.8) is 0 Å². The van der Waals surface area contributed by atoms with Gasteiger partial charge in [-0.1, -0.05) is 0 Å². The molecule has 3 rings (SSSR count). The largest absolute Gasteiger partial charge is 0.478 e. The molecule has 0 radical (unpaired) electrons. The number of aromatic nitrogens is 4. The van der Waals surface area contributed by atoms with Crippen LogP contribution >= 0.6 is 0 Å². The van der Waals surface area contributed by atoms with Crippen LogP contribution < -0.4 is 5.32 Å². The molecular formula is C18H15F2N5O2. The number of rotatable bonds is 5. The molecular weight excluding hydrogens is 356 g/mol. The molecule has 1 aromatic carbocycles. The lowest BCUT2D eigenvalue weighted by Crippen LogP contribution is -2.31. The average Bonchev–Trinajstić information content (AvgIpc) is 2.62. The van der Waals surface area contributed by atoms with Gasteiger partial charge in [-0.2, -0.15) is 0 Å². The van der Waals surface area contributed by atoms with Gasteiger partial charge in [0, 0.05) is 11.8 Å². The molecule has 2 heterocycles. The molecule has 0 unspecified atom stereocenters. The number of carbonyl (C=O) groups is 1. The molecule has 0 aliphatic heterocycles. The van der Waals surface area contributed by atoms with Crippen LogP contribution in [-0.2, 0) is 5.54 Å². The maximum atomic E-state index is 14.0. The number of halogens is 2. The molecule has 0 aliphatic rings. The number of pyridine rings is 1. The highest BCUT2D eigenvalue weighted by atomic mass is 19.1. The Bertz CT molecular complexity index is 993. The number of benzene rings is 1. The topological polar surface area (TPSA) is 101 Å². The van der Waals surface area contributed by atoms with Crippen molar-refractivity contribution >= 4 is 11.9 Å². The van der Waals surface area contributed by atoms with Gasteiger partial charge in [0.1, 0.15) is 23.0 Å². The first-order chi connectivity index (χ1) is 12.8. The van der Waals surface area contributed by atoms with Gasteiger partial charge < -0.3 is 10.4 Å². The smallest absolute Gasteiger partial charge is 0.335 e. The van der Waals surface area contributed by atoms with Gasteiger partial charge in [-0.25, -0.2) is 18.6 Å². The number of nitrogens with one attached hydrogen (secondary N) is 1. The lowest BCUT2D eigenvalue weighted by molar-refractivity contribution is 0.0697. The Morgan fingerprint density at radius 1 is 1.11 bits per heavy atom. The maximum absolute atomic E-state index is 14.0. The minimum absolute atomic E-state index is 0.0310. The predicted octanol–water partition coefficient (Wildman–Crippen LogP) is 3.26. The van der Waals surface area contributed by atoms with Gasteiger partial charge in [-0.15, -0.1) is 10.2 Å². The van der Waals surface area contributed by atoms with Gasteiger partial charge in [0.05, 0.1) is 17.3 Å². The molecule has 0 saturated heterocycles. The van der Waals surface area contributed by atoms with Gasteiger partial charge in [-0.05, 0) is 44.2 Å². The van der Waals surface area contributed by atoms with Crippen LogP contribution in [0.2, 0.25) is 0 Å². The molecule has 27 heavy (non-hydrogen) atoms. The maximum Gasteiger partial charge on any atom is 0.335 e. The number of carboxylic acids is 1. The lowest BCUT2D eigenvalue weighted by atomic mass is 9.99. The Labute approximate surface area is 153 Å². The van der Waals surface area contributed by atoms with Crippen LogP contribution in [0, 0.1) is 11.6 Å². The fraction of sp³-hybridized carbons (Fsp3) is 0.167. The first-order valence-electron chi connectivity index (χ1n) is 7.90. The van der Waals surface area contributed by atoms with Crippen molar-refractivity contribution in [2.45, 2.75) is 19.4 Å². The van der Waals surface area contributed by atoms with Crippen LogP contribution in [-0.4, -0.2) is 31.2 Å². The number of aromatic carboxylic acids is 1. The summed E-state index contributed by atoms with van der Waals surface area (Å²) in [5.74, 6) is -2.22. The van der Waals surface area contributed by atoms with Gasteiger partial charge in [0.25, 0.3) is 0 Å². The molecule has 0 bridgehead atoms. The van der Waals surface area contributed by atoms with Crippen LogP contribution in [0.4, 0.5) is 14.7 Å². The first kappa shape index (κ1) is 18.3. The zero-order valence-electron chi connectivity index (χ0n) is 14.4. The minimum atomic E-state index is -1.19. The molecule has 2 aromatic heterocycles. The fourth-order valence-electron chi connectivity index (χ4n) is 2.49. The van der Waals surface area contributed by atoms with Crippen LogP contribution in [0.15, 0.2) is 42.7 Å². The van der Waals surface area contributed by atoms with Gasteiger partial charge >= 0.3 is 5.97 Å². The third-order valence-electron chi connectivity index (χ3n) is 3.83. The third-order valence-corrected chi connectivity index (χ3v) is 3.83. The van der Waals surface area contributed by atoms with Crippen molar-refractivity contribution in [3.8, 4) is 11.3 Å². The van der Waals surface area contributed by atoms with Crippen LogP contribution in [0.5, 0.6) is 0 Å². The second-order valence-corrected chi connectivity index (χ2v) is 6.25. The number of anilines is 1. The van der Waals surface area contributed by atoms with Gasteiger partial charge in [0.15, 0.2) is 0 Å². The van der Waals surface area contributed by atoms with Crippen LogP contribution in [0.1, 0.15) is 29.9 Å². The Morgan fingerprint density at radius 3 is 2.52 bits per heavy atom. The second kappa shape index (κ2) is 7.02. The molecule has 0 atom stereocenters. The molecule has 3 aromatic rings. The summed E-state index contributed by atoms with van der Waals surface area (Å²) in [6.45, 7) is 3.40. The highest BCUT2D eigenvalue weighted by Crippen LogP contribution is 2.25. The van der Waals surface area contributed by atoms with E-state index in [1.54, 1.807) is 13.8 Å². The van der Waals surface area contributed by atoms with Gasteiger partial charge in [0.2, 0.25) is 5.95 Å². The average molecular weight is 371 g/mol. The number of hydrogen-bond acceptors (Lipinski definition) is 6. The zero-order valence-corrected chi connectivity index (χ0v) is 14.4. The Hall–Kier alpha value is -3.49. The Morgan fingerprint density at radius 2 is 1.89 bits per heavy atom. The second-order valence-electron chi connectivity index (χ2n) is 6.25. The molecule has 138 valence electrons. The fourth-order valence-corrected chi connectivity index (χ4v) is 2.49.